The molecule has 0 unspecified atom stereocenters. The van der Waals surface area contributed by atoms with E-state index in [0.717, 1.165) is 33.1 Å². The van der Waals surface area contributed by atoms with Crippen LogP contribution in [0.5, 0.6) is 5.75 Å². The maximum atomic E-state index is 11.9. The number of amides is 1. The Bertz CT molecular complexity index is 1080. The molecule has 25 heavy (non-hydrogen) atoms. The third-order valence-corrected chi connectivity index (χ3v) is 4.56. The molecular weight excluding hydrogens is 312 g/mol. The van der Waals surface area contributed by atoms with Crippen LogP contribution in [0.1, 0.15) is 15.9 Å². The first-order valence-corrected chi connectivity index (χ1v) is 8.11. The molecule has 1 aromatic heterocycles. The highest BCUT2D eigenvalue weighted by atomic mass is 16.5. The van der Waals surface area contributed by atoms with Crippen molar-refractivity contribution in [2.75, 3.05) is 7.11 Å². The van der Waals surface area contributed by atoms with E-state index < -0.39 is 5.91 Å². The van der Waals surface area contributed by atoms with Crippen LogP contribution in [0.2, 0.25) is 0 Å². The van der Waals surface area contributed by atoms with Crippen LogP contribution in [0.15, 0.2) is 66.7 Å². The maximum Gasteiger partial charge on any atom is 0.249 e. The van der Waals surface area contributed by atoms with Crippen LogP contribution in [0.3, 0.4) is 0 Å². The Hall–Kier alpha value is -3.27. The first-order chi connectivity index (χ1) is 12.2. The SMILES string of the molecule is COc1ccc(Cn2c3ccccc3c3c(C(N)=O)cccc32)cc1. The average Bonchev–Trinajstić information content (AvgIpc) is 2.96. The molecule has 4 aromatic rings. The van der Waals surface area contributed by atoms with Gasteiger partial charge in [0.05, 0.1) is 12.6 Å². The van der Waals surface area contributed by atoms with Gasteiger partial charge in [-0.3, -0.25) is 4.79 Å². The van der Waals surface area contributed by atoms with Crippen LogP contribution >= 0.6 is 0 Å². The van der Waals surface area contributed by atoms with Gasteiger partial charge in [0, 0.05) is 28.4 Å². The number of carbonyl (C=O) groups excluding carboxylic acids is 1. The summed E-state index contributed by atoms with van der Waals surface area (Å²) in [6.07, 6.45) is 0. The van der Waals surface area contributed by atoms with Crippen LogP contribution in [-0.2, 0) is 6.54 Å². The highest BCUT2D eigenvalue weighted by Gasteiger charge is 2.16. The molecule has 0 bridgehead atoms. The quantitative estimate of drug-likeness (QED) is 0.616. The van der Waals surface area contributed by atoms with Crippen LogP contribution in [0.25, 0.3) is 21.8 Å². The van der Waals surface area contributed by atoms with Gasteiger partial charge in [-0.15, -0.1) is 0 Å². The largest absolute Gasteiger partial charge is 0.497 e. The fraction of sp³-hybridized carbons (Fsp3) is 0.0952. The summed E-state index contributed by atoms with van der Waals surface area (Å²) in [7, 11) is 1.66. The van der Waals surface area contributed by atoms with Gasteiger partial charge < -0.3 is 15.0 Å². The average molecular weight is 330 g/mol. The van der Waals surface area contributed by atoms with Gasteiger partial charge in [0.15, 0.2) is 0 Å². The van der Waals surface area contributed by atoms with E-state index in [2.05, 4.69) is 22.8 Å². The third kappa shape index (κ3) is 2.52. The zero-order chi connectivity index (χ0) is 17.4. The molecule has 0 fully saturated rings. The van der Waals surface area contributed by atoms with Crippen molar-refractivity contribution < 1.29 is 9.53 Å². The van der Waals surface area contributed by atoms with E-state index in [-0.39, 0.29) is 0 Å². The van der Waals surface area contributed by atoms with Gasteiger partial charge in [-0.05, 0) is 35.9 Å². The van der Waals surface area contributed by atoms with Gasteiger partial charge in [0.1, 0.15) is 5.75 Å². The minimum Gasteiger partial charge on any atom is -0.497 e. The smallest absolute Gasteiger partial charge is 0.249 e. The topological polar surface area (TPSA) is 57.2 Å². The molecule has 0 atom stereocenters. The Labute approximate surface area is 145 Å². The van der Waals surface area contributed by atoms with E-state index in [1.807, 2.05) is 42.5 Å². The third-order valence-electron chi connectivity index (χ3n) is 4.56. The zero-order valence-electron chi connectivity index (χ0n) is 13.9. The second kappa shape index (κ2) is 5.98. The van der Waals surface area contributed by atoms with Crippen LogP contribution in [0.4, 0.5) is 0 Å². The number of rotatable bonds is 4. The number of methoxy groups -OCH3 is 1. The Morgan fingerprint density at radius 3 is 2.40 bits per heavy atom. The number of nitrogens with zero attached hydrogens (tertiary/aromatic N) is 1. The fourth-order valence-electron chi connectivity index (χ4n) is 3.39. The minimum absolute atomic E-state index is 0.405. The van der Waals surface area contributed by atoms with Gasteiger partial charge in [0.2, 0.25) is 5.91 Å². The van der Waals surface area contributed by atoms with E-state index >= 15 is 0 Å². The fourth-order valence-corrected chi connectivity index (χ4v) is 3.39. The molecule has 3 aromatic carbocycles. The summed E-state index contributed by atoms with van der Waals surface area (Å²) in [5.41, 5.74) is 9.41. The second-order valence-corrected chi connectivity index (χ2v) is 6.02. The zero-order valence-corrected chi connectivity index (χ0v) is 13.9. The number of primary amides is 1. The lowest BCUT2D eigenvalue weighted by Gasteiger charge is -2.09. The van der Waals surface area contributed by atoms with Crippen molar-refractivity contribution in [3.05, 3.63) is 77.9 Å². The molecule has 0 radical (unpaired) electrons. The summed E-state index contributed by atoms with van der Waals surface area (Å²) < 4.78 is 7.45. The molecule has 1 amide bonds. The number of carbonyl (C=O) groups is 1. The van der Waals surface area contributed by atoms with Gasteiger partial charge in [-0.2, -0.15) is 0 Å². The normalized spacial score (nSPS) is 11.1. The van der Waals surface area contributed by atoms with Gasteiger partial charge in [0.25, 0.3) is 0 Å². The summed E-state index contributed by atoms with van der Waals surface area (Å²) in [5.74, 6) is 0.430. The Morgan fingerprint density at radius 1 is 0.960 bits per heavy atom. The summed E-state index contributed by atoms with van der Waals surface area (Å²) in [6.45, 7) is 0.705. The molecule has 1 heterocycles. The number of ether oxygens (including phenoxy) is 1. The summed E-state index contributed by atoms with van der Waals surface area (Å²) >= 11 is 0. The Morgan fingerprint density at radius 2 is 1.68 bits per heavy atom. The lowest BCUT2D eigenvalue weighted by Crippen LogP contribution is -2.11. The van der Waals surface area contributed by atoms with Gasteiger partial charge >= 0.3 is 0 Å². The molecule has 4 heteroatoms. The molecule has 0 saturated heterocycles. The molecule has 0 aliphatic heterocycles. The number of benzene rings is 3. The molecule has 0 saturated carbocycles. The van der Waals surface area contributed by atoms with Crippen molar-refractivity contribution in [2.24, 2.45) is 5.73 Å². The molecule has 4 rings (SSSR count). The van der Waals surface area contributed by atoms with Gasteiger partial charge in [-0.25, -0.2) is 0 Å². The van der Waals surface area contributed by atoms with Crippen molar-refractivity contribution in [3.8, 4) is 5.75 Å². The number of para-hydroxylation sites is 1. The molecule has 124 valence electrons. The van der Waals surface area contributed by atoms with E-state index in [9.17, 15) is 4.79 Å². The Balaban J connectivity index is 1.95. The first-order valence-electron chi connectivity index (χ1n) is 8.11. The van der Waals surface area contributed by atoms with E-state index in [1.165, 1.54) is 0 Å². The highest BCUT2D eigenvalue weighted by molar-refractivity contribution is 6.17. The molecule has 0 aliphatic carbocycles. The molecule has 0 aliphatic rings. The van der Waals surface area contributed by atoms with Crippen molar-refractivity contribution >= 4 is 27.7 Å². The molecule has 4 nitrogen and oxygen atoms in total. The lowest BCUT2D eigenvalue weighted by molar-refractivity contribution is 0.100. The number of nitrogens with two attached hydrogens (primary N) is 1. The predicted octanol–water partition coefficient (Wildman–Crippen LogP) is 3.95. The maximum absolute atomic E-state index is 11.9. The van der Waals surface area contributed by atoms with Crippen molar-refractivity contribution in [1.29, 1.82) is 0 Å². The standard InChI is InChI=1S/C21H18N2O2/c1-25-15-11-9-14(10-12-15)13-23-18-7-3-2-5-16(18)20-17(21(22)24)6-4-8-19(20)23/h2-12H,13H2,1H3,(H2,22,24). The summed E-state index contributed by atoms with van der Waals surface area (Å²) in [5, 5.41) is 1.96. The molecule has 0 spiro atoms. The van der Waals surface area contributed by atoms with Crippen LogP contribution < -0.4 is 10.5 Å². The predicted molar refractivity (Wildman–Crippen MR) is 100 cm³/mol. The number of fused-ring (bicyclic) bond motifs is 3. The summed E-state index contributed by atoms with van der Waals surface area (Å²) in [6, 6.07) is 21.8. The van der Waals surface area contributed by atoms with E-state index in [1.54, 1.807) is 13.2 Å². The van der Waals surface area contributed by atoms with Crippen LogP contribution in [0, 0.1) is 0 Å². The number of hydrogen-bond donors (Lipinski definition) is 1. The van der Waals surface area contributed by atoms with E-state index in [4.69, 9.17) is 10.5 Å². The highest BCUT2D eigenvalue weighted by Crippen LogP contribution is 2.32. The molecule has 2 N–H and O–H groups in total. The van der Waals surface area contributed by atoms with Gasteiger partial charge in [-0.1, -0.05) is 36.4 Å². The van der Waals surface area contributed by atoms with Crippen molar-refractivity contribution in [2.45, 2.75) is 6.54 Å². The molecular formula is C21H18N2O2. The minimum atomic E-state index is -0.405. The van der Waals surface area contributed by atoms with E-state index in [0.29, 0.717) is 12.1 Å². The number of aromatic nitrogens is 1. The van der Waals surface area contributed by atoms with Crippen molar-refractivity contribution in [3.63, 3.8) is 0 Å². The number of hydrogen-bond acceptors (Lipinski definition) is 2. The first kappa shape index (κ1) is 15.3. The lowest BCUT2D eigenvalue weighted by atomic mass is 10.1. The second-order valence-electron chi connectivity index (χ2n) is 6.02. The summed E-state index contributed by atoms with van der Waals surface area (Å²) in [4.78, 5) is 11.9. The monoisotopic (exact) mass is 330 g/mol. The Kier molecular flexibility index (Phi) is 3.65. The van der Waals surface area contributed by atoms with Crippen molar-refractivity contribution in [1.82, 2.24) is 4.57 Å². The van der Waals surface area contributed by atoms with Crippen LogP contribution in [-0.4, -0.2) is 17.6 Å².